The molecule has 0 radical (unpaired) electrons. The van der Waals surface area contributed by atoms with Gasteiger partial charge in [0.2, 0.25) is 5.91 Å². The van der Waals surface area contributed by atoms with Crippen molar-refractivity contribution in [2.24, 2.45) is 0 Å². The summed E-state index contributed by atoms with van der Waals surface area (Å²) < 4.78 is 0. The van der Waals surface area contributed by atoms with E-state index in [-0.39, 0.29) is 5.91 Å². The van der Waals surface area contributed by atoms with Crippen LogP contribution in [-0.2, 0) is 11.2 Å². The van der Waals surface area contributed by atoms with Crippen LogP contribution in [0.3, 0.4) is 0 Å². The fourth-order valence-electron chi connectivity index (χ4n) is 2.30. The third-order valence-electron chi connectivity index (χ3n) is 3.82. The lowest BCUT2D eigenvalue weighted by atomic mass is 10.0. The highest BCUT2D eigenvalue weighted by Crippen LogP contribution is 2.23. The first kappa shape index (κ1) is 15.1. The van der Waals surface area contributed by atoms with E-state index in [4.69, 9.17) is 5.73 Å². The lowest BCUT2D eigenvalue weighted by Crippen LogP contribution is -2.14. The molecule has 0 bridgehead atoms. The second-order valence-electron chi connectivity index (χ2n) is 5.50. The molecule has 0 aliphatic rings. The maximum atomic E-state index is 12.1. The Kier molecular flexibility index (Phi) is 4.63. The monoisotopic (exact) mass is 282 g/mol. The van der Waals surface area contributed by atoms with Crippen LogP contribution in [0.2, 0.25) is 0 Å². The Morgan fingerprint density at radius 1 is 1.05 bits per heavy atom. The maximum absolute atomic E-state index is 12.1. The Morgan fingerprint density at radius 2 is 1.71 bits per heavy atom. The van der Waals surface area contributed by atoms with E-state index in [1.54, 1.807) is 0 Å². The number of benzene rings is 2. The number of aryl methyl sites for hydroxylation is 4. The maximum Gasteiger partial charge on any atom is 0.224 e. The molecule has 2 aromatic carbocycles. The standard InChI is InChI=1S/C18H22N2O/c1-12-6-4-5-7-15(12)8-9-18(21)20-17-11-14(3)13(2)10-16(17)19/h4-7,10-11H,8-9,19H2,1-3H3,(H,20,21). The van der Waals surface area contributed by atoms with Crippen molar-refractivity contribution >= 4 is 17.3 Å². The van der Waals surface area contributed by atoms with Crippen LogP contribution in [0, 0.1) is 20.8 Å². The lowest BCUT2D eigenvalue weighted by Gasteiger charge is -2.11. The van der Waals surface area contributed by atoms with Gasteiger partial charge < -0.3 is 11.1 Å². The van der Waals surface area contributed by atoms with E-state index in [0.717, 1.165) is 17.5 Å². The molecule has 21 heavy (non-hydrogen) atoms. The van der Waals surface area contributed by atoms with Crippen LogP contribution in [0.25, 0.3) is 0 Å². The fraction of sp³-hybridized carbons (Fsp3) is 0.278. The molecule has 0 fully saturated rings. The number of nitrogens with two attached hydrogens (primary N) is 1. The van der Waals surface area contributed by atoms with E-state index in [9.17, 15) is 4.79 Å². The van der Waals surface area contributed by atoms with Crippen molar-refractivity contribution in [2.45, 2.75) is 33.6 Å². The lowest BCUT2D eigenvalue weighted by molar-refractivity contribution is -0.116. The van der Waals surface area contributed by atoms with Gasteiger partial charge in [0.1, 0.15) is 0 Å². The number of hydrogen-bond acceptors (Lipinski definition) is 2. The second kappa shape index (κ2) is 6.44. The van der Waals surface area contributed by atoms with Gasteiger partial charge in [0, 0.05) is 6.42 Å². The summed E-state index contributed by atoms with van der Waals surface area (Å²) in [5, 5.41) is 2.90. The van der Waals surface area contributed by atoms with Gasteiger partial charge in [-0.05, 0) is 61.6 Å². The summed E-state index contributed by atoms with van der Waals surface area (Å²) in [4.78, 5) is 12.1. The van der Waals surface area contributed by atoms with Crippen molar-refractivity contribution in [3.05, 3.63) is 58.7 Å². The molecule has 0 spiro atoms. The molecule has 0 atom stereocenters. The van der Waals surface area contributed by atoms with Crippen molar-refractivity contribution in [2.75, 3.05) is 11.1 Å². The summed E-state index contributed by atoms with van der Waals surface area (Å²) in [7, 11) is 0. The van der Waals surface area contributed by atoms with Gasteiger partial charge in [0.25, 0.3) is 0 Å². The predicted molar refractivity (Wildman–Crippen MR) is 88.5 cm³/mol. The van der Waals surface area contributed by atoms with Crippen LogP contribution < -0.4 is 11.1 Å². The molecule has 2 aromatic rings. The zero-order valence-electron chi connectivity index (χ0n) is 12.9. The molecule has 3 heteroatoms. The minimum absolute atomic E-state index is 0.00629. The van der Waals surface area contributed by atoms with Crippen LogP contribution in [0.4, 0.5) is 11.4 Å². The van der Waals surface area contributed by atoms with Gasteiger partial charge >= 0.3 is 0 Å². The molecule has 2 rings (SSSR count). The quantitative estimate of drug-likeness (QED) is 0.839. The van der Waals surface area contributed by atoms with Gasteiger partial charge in [0.05, 0.1) is 11.4 Å². The molecule has 3 nitrogen and oxygen atoms in total. The van der Waals surface area contributed by atoms with Crippen LogP contribution >= 0.6 is 0 Å². The number of hydrogen-bond donors (Lipinski definition) is 2. The summed E-state index contributed by atoms with van der Waals surface area (Å²) in [6, 6.07) is 12.0. The Labute approximate surface area is 126 Å². The first-order valence-electron chi connectivity index (χ1n) is 7.18. The van der Waals surface area contributed by atoms with Gasteiger partial charge in [-0.1, -0.05) is 24.3 Å². The van der Waals surface area contributed by atoms with Crippen LogP contribution in [0.5, 0.6) is 0 Å². The number of amides is 1. The van der Waals surface area contributed by atoms with Gasteiger partial charge in [-0.2, -0.15) is 0 Å². The summed E-state index contributed by atoms with van der Waals surface area (Å²) in [5.41, 5.74) is 12.0. The number of anilines is 2. The van der Waals surface area contributed by atoms with E-state index in [1.807, 2.05) is 38.1 Å². The molecule has 0 unspecified atom stereocenters. The molecular formula is C18H22N2O. The Bertz CT molecular complexity index is 662. The Hall–Kier alpha value is -2.29. The first-order valence-corrected chi connectivity index (χ1v) is 7.18. The van der Waals surface area contributed by atoms with Crippen LogP contribution in [0.1, 0.15) is 28.7 Å². The van der Waals surface area contributed by atoms with Gasteiger partial charge in [-0.15, -0.1) is 0 Å². The Morgan fingerprint density at radius 3 is 2.43 bits per heavy atom. The minimum atomic E-state index is -0.00629. The van der Waals surface area contributed by atoms with Crippen LogP contribution in [-0.4, -0.2) is 5.91 Å². The van der Waals surface area contributed by atoms with Crippen LogP contribution in [0.15, 0.2) is 36.4 Å². The second-order valence-corrected chi connectivity index (χ2v) is 5.50. The highest BCUT2D eigenvalue weighted by molar-refractivity contribution is 5.94. The average molecular weight is 282 g/mol. The van der Waals surface area contributed by atoms with Gasteiger partial charge in [0.15, 0.2) is 0 Å². The number of rotatable bonds is 4. The number of nitrogens with one attached hydrogen (secondary N) is 1. The smallest absolute Gasteiger partial charge is 0.224 e. The average Bonchev–Trinajstić information content (AvgIpc) is 2.44. The third kappa shape index (κ3) is 3.85. The third-order valence-corrected chi connectivity index (χ3v) is 3.82. The van der Waals surface area contributed by atoms with Gasteiger partial charge in [-0.25, -0.2) is 0 Å². The SMILES string of the molecule is Cc1cc(N)c(NC(=O)CCc2ccccc2C)cc1C. The first-order chi connectivity index (χ1) is 9.97. The van der Waals surface area contributed by atoms with Crippen molar-refractivity contribution < 1.29 is 4.79 Å². The topological polar surface area (TPSA) is 55.1 Å². The van der Waals surface area contributed by atoms with E-state index in [0.29, 0.717) is 17.8 Å². The molecule has 1 amide bonds. The van der Waals surface area contributed by atoms with E-state index in [2.05, 4.69) is 24.4 Å². The summed E-state index contributed by atoms with van der Waals surface area (Å²) in [6.45, 7) is 6.09. The van der Waals surface area contributed by atoms with Crippen molar-refractivity contribution in [3.63, 3.8) is 0 Å². The van der Waals surface area contributed by atoms with Crippen molar-refractivity contribution in [1.29, 1.82) is 0 Å². The summed E-state index contributed by atoms with van der Waals surface area (Å²) >= 11 is 0. The molecular weight excluding hydrogens is 260 g/mol. The van der Waals surface area contributed by atoms with E-state index < -0.39 is 0 Å². The van der Waals surface area contributed by atoms with E-state index >= 15 is 0 Å². The molecule has 0 aliphatic carbocycles. The molecule has 0 saturated carbocycles. The summed E-state index contributed by atoms with van der Waals surface area (Å²) in [6.07, 6.45) is 1.19. The van der Waals surface area contributed by atoms with Crippen molar-refractivity contribution in [1.82, 2.24) is 0 Å². The molecule has 0 saturated heterocycles. The largest absolute Gasteiger partial charge is 0.397 e. The molecule has 0 heterocycles. The van der Waals surface area contributed by atoms with Gasteiger partial charge in [-0.3, -0.25) is 4.79 Å². The number of carbonyl (C=O) groups excluding carboxylic acids is 1. The summed E-state index contributed by atoms with van der Waals surface area (Å²) in [5.74, 6) is -0.00629. The van der Waals surface area contributed by atoms with Crippen molar-refractivity contribution in [3.8, 4) is 0 Å². The molecule has 0 aliphatic heterocycles. The Balaban J connectivity index is 1.99. The number of nitrogen functional groups attached to an aromatic ring is 1. The van der Waals surface area contributed by atoms with E-state index in [1.165, 1.54) is 11.1 Å². The minimum Gasteiger partial charge on any atom is -0.397 e. The predicted octanol–water partition coefficient (Wildman–Crippen LogP) is 3.77. The molecule has 3 N–H and O–H groups in total. The molecule has 110 valence electrons. The highest BCUT2D eigenvalue weighted by atomic mass is 16.1. The fourth-order valence-corrected chi connectivity index (χ4v) is 2.30. The highest BCUT2D eigenvalue weighted by Gasteiger charge is 2.08. The number of carbonyl (C=O) groups is 1. The normalized spacial score (nSPS) is 10.4. The zero-order valence-corrected chi connectivity index (χ0v) is 12.9. The molecule has 0 aromatic heterocycles. The zero-order chi connectivity index (χ0) is 15.4.